The predicted octanol–water partition coefficient (Wildman–Crippen LogP) is 3.99. The molecule has 2 fully saturated rings. The number of benzene rings is 1. The first-order valence-corrected chi connectivity index (χ1v) is 11.5. The van der Waals surface area contributed by atoms with E-state index in [-0.39, 0.29) is 23.3 Å². The number of amides is 2. The van der Waals surface area contributed by atoms with Crippen molar-refractivity contribution in [2.75, 3.05) is 32.0 Å². The first kappa shape index (κ1) is 19.6. The second-order valence-corrected chi connectivity index (χ2v) is 9.69. The third-order valence-corrected chi connectivity index (χ3v) is 7.89. The molecule has 0 aliphatic carbocycles. The Hall–Kier alpha value is -1.70. The lowest BCUT2D eigenvalue weighted by molar-refractivity contribution is -0.135. The highest BCUT2D eigenvalue weighted by Gasteiger charge is 2.47. The highest BCUT2D eigenvalue weighted by atomic mass is 35.5. The maximum absolute atomic E-state index is 12.9. The van der Waals surface area contributed by atoms with Crippen LogP contribution in [0, 0.1) is 0 Å². The molecule has 8 heteroatoms. The van der Waals surface area contributed by atoms with Crippen molar-refractivity contribution in [1.29, 1.82) is 0 Å². The Labute approximate surface area is 177 Å². The number of thiophene rings is 1. The Morgan fingerprint density at radius 3 is 2.54 bits per heavy atom. The van der Waals surface area contributed by atoms with E-state index in [2.05, 4.69) is 0 Å². The minimum absolute atomic E-state index is 0.0135. The SMILES string of the molecule is O=C(COc1ccc(Cl)cc1)N1CCC2(CC1)SCCN2C(=O)c1cccs1. The molecule has 0 N–H and O–H groups in total. The normalized spacial score (nSPS) is 18.5. The van der Waals surface area contributed by atoms with Crippen molar-refractivity contribution in [1.82, 2.24) is 9.80 Å². The third kappa shape index (κ3) is 4.02. The molecule has 3 heterocycles. The van der Waals surface area contributed by atoms with E-state index >= 15 is 0 Å². The average molecular weight is 437 g/mol. The Kier molecular flexibility index (Phi) is 5.85. The molecule has 0 unspecified atom stereocenters. The maximum atomic E-state index is 12.9. The van der Waals surface area contributed by atoms with Gasteiger partial charge in [0.05, 0.1) is 9.75 Å². The summed E-state index contributed by atoms with van der Waals surface area (Å²) in [4.78, 5) is 29.9. The molecular formula is C20H21ClN2O3S2. The van der Waals surface area contributed by atoms with Gasteiger partial charge in [-0.25, -0.2) is 0 Å². The van der Waals surface area contributed by atoms with Gasteiger partial charge in [-0.15, -0.1) is 23.1 Å². The van der Waals surface area contributed by atoms with Gasteiger partial charge in [-0.3, -0.25) is 9.59 Å². The summed E-state index contributed by atoms with van der Waals surface area (Å²) in [7, 11) is 0. The highest BCUT2D eigenvalue weighted by Crippen LogP contribution is 2.44. The number of hydrogen-bond donors (Lipinski definition) is 0. The molecule has 2 saturated heterocycles. The van der Waals surface area contributed by atoms with Gasteiger partial charge in [0, 0.05) is 30.4 Å². The molecule has 2 aromatic rings. The van der Waals surface area contributed by atoms with E-state index in [9.17, 15) is 9.59 Å². The first-order chi connectivity index (χ1) is 13.6. The molecule has 5 nitrogen and oxygen atoms in total. The van der Waals surface area contributed by atoms with Crippen LogP contribution in [-0.4, -0.2) is 58.5 Å². The van der Waals surface area contributed by atoms with Crippen molar-refractivity contribution in [2.24, 2.45) is 0 Å². The molecule has 0 atom stereocenters. The summed E-state index contributed by atoms with van der Waals surface area (Å²) < 4.78 is 5.58. The summed E-state index contributed by atoms with van der Waals surface area (Å²) in [6, 6.07) is 10.8. The van der Waals surface area contributed by atoms with Crippen LogP contribution in [0.25, 0.3) is 0 Å². The van der Waals surface area contributed by atoms with Gasteiger partial charge in [0.15, 0.2) is 6.61 Å². The smallest absolute Gasteiger partial charge is 0.265 e. The number of halogens is 1. The van der Waals surface area contributed by atoms with Crippen LogP contribution in [0.3, 0.4) is 0 Å². The number of hydrogen-bond acceptors (Lipinski definition) is 5. The Morgan fingerprint density at radius 1 is 1.11 bits per heavy atom. The fourth-order valence-corrected chi connectivity index (χ4v) is 5.97. The quantitative estimate of drug-likeness (QED) is 0.727. The lowest BCUT2D eigenvalue weighted by Crippen LogP contribution is -2.54. The number of nitrogens with zero attached hydrogens (tertiary/aromatic N) is 2. The van der Waals surface area contributed by atoms with Gasteiger partial charge in [0.2, 0.25) is 0 Å². The van der Waals surface area contributed by atoms with Gasteiger partial charge < -0.3 is 14.5 Å². The number of rotatable bonds is 4. The minimum atomic E-state index is -0.186. The number of piperidine rings is 1. The van der Waals surface area contributed by atoms with Crippen LogP contribution >= 0.6 is 34.7 Å². The average Bonchev–Trinajstić information content (AvgIpc) is 3.38. The van der Waals surface area contributed by atoms with Gasteiger partial charge in [-0.2, -0.15) is 0 Å². The molecule has 0 radical (unpaired) electrons. The molecule has 0 saturated carbocycles. The van der Waals surface area contributed by atoms with Crippen LogP contribution in [-0.2, 0) is 4.79 Å². The summed E-state index contributed by atoms with van der Waals surface area (Å²) in [5, 5.41) is 2.57. The van der Waals surface area contributed by atoms with Gasteiger partial charge in [0.25, 0.3) is 11.8 Å². The largest absolute Gasteiger partial charge is 0.484 e. The lowest BCUT2D eigenvalue weighted by atomic mass is 10.0. The topological polar surface area (TPSA) is 49.9 Å². The number of thioether (sulfide) groups is 1. The fraction of sp³-hybridized carbons (Fsp3) is 0.400. The standard InChI is InChI=1S/C20H21ClN2O3S2/c21-15-3-5-16(6-4-15)26-14-18(24)22-9-7-20(8-10-22)23(11-13-28-20)19(25)17-2-1-12-27-17/h1-6,12H,7-11,13-14H2. The zero-order valence-electron chi connectivity index (χ0n) is 15.3. The van der Waals surface area contributed by atoms with Crippen molar-refractivity contribution in [2.45, 2.75) is 17.7 Å². The van der Waals surface area contributed by atoms with Gasteiger partial charge in [0.1, 0.15) is 5.75 Å². The number of ether oxygens (including phenoxy) is 1. The minimum Gasteiger partial charge on any atom is -0.484 e. The third-order valence-electron chi connectivity index (χ3n) is 5.23. The van der Waals surface area contributed by atoms with Gasteiger partial charge in [-0.05, 0) is 48.6 Å². The lowest BCUT2D eigenvalue weighted by Gasteiger charge is -2.43. The molecule has 1 spiro atoms. The molecule has 4 rings (SSSR count). The van der Waals surface area contributed by atoms with Crippen LogP contribution in [0.5, 0.6) is 5.75 Å². The number of likely N-dealkylation sites (tertiary alicyclic amines) is 1. The van der Waals surface area contributed by atoms with E-state index in [0.717, 1.165) is 30.0 Å². The second-order valence-electron chi connectivity index (χ2n) is 6.85. The van der Waals surface area contributed by atoms with Crippen molar-refractivity contribution in [3.8, 4) is 5.75 Å². The van der Waals surface area contributed by atoms with Gasteiger partial charge >= 0.3 is 0 Å². The molecule has 148 valence electrons. The van der Waals surface area contributed by atoms with E-state index in [1.165, 1.54) is 11.3 Å². The van der Waals surface area contributed by atoms with E-state index in [0.29, 0.717) is 23.9 Å². The van der Waals surface area contributed by atoms with Crippen LogP contribution in [0.1, 0.15) is 22.5 Å². The molecule has 2 amide bonds. The summed E-state index contributed by atoms with van der Waals surface area (Å²) in [6.07, 6.45) is 1.59. The van der Waals surface area contributed by atoms with Crippen LogP contribution in [0.15, 0.2) is 41.8 Å². The molecule has 1 aromatic carbocycles. The molecule has 0 bridgehead atoms. The monoisotopic (exact) mass is 436 g/mol. The molecular weight excluding hydrogens is 416 g/mol. The number of carbonyl (C=O) groups is 2. The van der Waals surface area contributed by atoms with E-state index < -0.39 is 0 Å². The zero-order valence-corrected chi connectivity index (χ0v) is 17.7. The van der Waals surface area contributed by atoms with Crippen LogP contribution in [0.4, 0.5) is 0 Å². The fourth-order valence-electron chi connectivity index (χ4n) is 3.72. The zero-order chi connectivity index (χ0) is 19.6. The Balaban J connectivity index is 1.33. The number of carbonyl (C=O) groups excluding carboxylic acids is 2. The van der Waals surface area contributed by atoms with Gasteiger partial charge in [-0.1, -0.05) is 17.7 Å². The summed E-state index contributed by atoms with van der Waals surface area (Å²) in [5.74, 6) is 1.67. The molecule has 2 aliphatic rings. The second kappa shape index (κ2) is 8.35. The highest BCUT2D eigenvalue weighted by molar-refractivity contribution is 8.00. The summed E-state index contributed by atoms with van der Waals surface area (Å²) >= 11 is 9.20. The first-order valence-electron chi connectivity index (χ1n) is 9.23. The molecule has 28 heavy (non-hydrogen) atoms. The van der Waals surface area contributed by atoms with E-state index in [1.54, 1.807) is 24.3 Å². The van der Waals surface area contributed by atoms with E-state index in [1.807, 2.05) is 39.1 Å². The maximum Gasteiger partial charge on any atom is 0.265 e. The van der Waals surface area contributed by atoms with Crippen LogP contribution < -0.4 is 4.74 Å². The van der Waals surface area contributed by atoms with Crippen LogP contribution in [0.2, 0.25) is 5.02 Å². The van der Waals surface area contributed by atoms with Crippen molar-refractivity contribution < 1.29 is 14.3 Å². The van der Waals surface area contributed by atoms with E-state index in [4.69, 9.17) is 16.3 Å². The van der Waals surface area contributed by atoms with Crippen molar-refractivity contribution >= 4 is 46.5 Å². The van der Waals surface area contributed by atoms with Crippen molar-refractivity contribution in [3.63, 3.8) is 0 Å². The summed E-state index contributed by atoms with van der Waals surface area (Å²) in [6.45, 7) is 2.07. The molecule has 1 aromatic heterocycles. The van der Waals surface area contributed by atoms with Crippen molar-refractivity contribution in [3.05, 3.63) is 51.7 Å². The Bertz CT molecular complexity index is 834. The molecule has 2 aliphatic heterocycles. The predicted molar refractivity (Wildman–Crippen MR) is 113 cm³/mol. The summed E-state index contributed by atoms with van der Waals surface area (Å²) in [5.41, 5.74) is 0. The Morgan fingerprint density at radius 2 is 1.86 bits per heavy atom.